The zero-order valence-corrected chi connectivity index (χ0v) is 10.3. The molecule has 0 aliphatic carbocycles. The van der Waals surface area contributed by atoms with Crippen molar-refractivity contribution in [2.75, 3.05) is 20.8 Å². The molecule has 1 rings (SSSR count). The Morgan fingerprint density at radius 3 is 2.67 bits per heavy atom. The molecule has 0 amide bonds. The van der Waals surface area contributed by atoms with Gasteiger partial charge in [-0.05, 0) is 24.1 Å². The van der Waals surface area contributed by atoms with E-state index in [0.29, 0.717) is 12.2 Å². The van der Waals surface area contributed by atoms with Gasteiger partial charge in [-0.2, -0.15) is 0 Å². The van der Waals surface area contributed by atoms with Crippen LogP contribution in [0.5, 0.6) is 0 Å². The largest absolute Gasteiger partial charge is 0.465 e. The minimum atomic E-state index is -0.325. The monoisotopic (exact) mass is 272 g/mol. The molecule has 0 aliphatic rings. The summed E-state index contributed by atoms with van der Waals surface area (Å²) >= 11 is 3.41. The van der Waals surface area contributed by atoms with Crippen LogP contribution in [0.3, 0.4) is 0 Å². The average molecular weight is 273 g/mol. The van der Waals surface area contributed by atoms with E-state index in [2.05, 4.69) is 20.7 Å². The van der Waals surface area contributed by atoms with Gasteiger partial charge in [0.2, 0.25) is 0 Å². The van der Waals surface area contributed by atoms with Crippen LogP contribution in [0.2, 0.25) is 0 Å². The maximum absolute atomic E-state index is 11.2. The van der Waals surface area contributed by atoms with E-state index in [1.165, 1.54) is 7.11 Å². The van der Waals surface area contributed by atoms with E-state index in [1.807, 2.05) is 6.07 Å². The summed E-state index contributed by atoms with van der Waals surface area (Å²) in [5.74, 6) is -0.325. The highest BCUT2D eigenvalue weighted by Gasteiger charge is 2.07. The first-order valence-corrected chi connectivity index (χ1v) is 5.34. The molecule has 0 heterocycles. The van der Waals surface area contributed by atoms with Crippen LogP contribution < -0.4 is 0 Å². The molecular formula is C11H13BrO3. The van der Waals surface area contributed by atoms with Crippen LogP contribution >= 0.6 is 15.9 Å². The summed E-state index contributed by atoms with van der Waals surface area (Å²) in [7, 11) is 3.03. The minimum absolute atomic E-state index is 0.325. The second-order valence-electron chi connectivity index (χ2n) is 3.04. The number of hydrogen-bond acceptors (Lipinski definition) is 3. The molecule has 0 saturated carbocycles. The van der Waals surface area contributed by atoms with Gasteiger partial charge in [0.1, 0.15) is 0 Å². The topological polar surface area (TPSA) is 35.5 Å². The van der Waals surface area contributed by atoms with Gasteiger partial charge in [0.05, 0.1) is 19.3 Å². The van der Waals surface area contributed by atoms with Crippen molar-refractivity contribution in [3.63, 3.8) is 0 Å². The number of benzene rings is 1. The molecule has 0 aromatic heterocycles. The lowest BCUT2D eigenvalue weighted by Gasteiger charge is -2.05. The molecule has 0 spiro atoms. The number of ether oxygens (including phenoxy) is 2. The van der Waals surface area contributed by atoms with Gasteiger partial charge >= 0.3 is 5.97 Å². The van der Waals surface area contributed by atoms with Crippen molar-refractivity contribution in [2.45, 2.75) is 6.42 Å². The SMILES string of the molecule is COCCc1ccc(C(=O)OC)cc1Br. The first kappa shape index (κ1) is 12.2. The highest BCUT2D eigenvalue weighted by molar-refractivity contribution is 9.10. The standard InChI is InChI=1S/C11H13BrO3/c1-14-6-5-8-3-4-9(7-10(8)12)11(13)15-2/h3-4,7H,5-6H2,1-2H3. The Balaban J connectivity index is 2.83. The van der Waals surface area contributed by atoms with Gasteiger partial charge in [-0.15, -0.1) is 0 Å². The predicted molar refractivity (Wildman–Crippen MR) is 61.1 cm³/mol. The maximum atomic E-state index is 11.2. The molecule has 82 valence electrons. The van der Waals surface area contributed by atoms with E-state index in [-0.39, 0.29) is 5.97 Å². The van der Waals surface area contributed by atoms with Crippen LogP contribution in [-0.2, 0) is 15.9 Å². The fraction of sp³-hybridized carbons (Fsp3) is 0.364. The molecule has 4 heteroatoms. The number of methoxy groups -OCH3 is 2. The van der Waals surface area contributed by atoms with Crippen molar-refractivity contribution in [3.8, 4) is 0 Å². The summed E-state index contributed by atoms with van der Waals surface area (Å²) in [5, 5.41) is 0. The minimum Gasteiger partial charge on any atom is -0.465 e. The maximum Gasteiger partial charge on any atom is 0.337 e. The van der Waals surface area contributed by atoms with E-state index in [9.17, 15) is 4.79 Å². The summed E-state index contributed by atoms with van der Waals surface area (Å²) < 4.78 is 10.5. The van der Waals surface area contributed by atoms with E-state index in [1.54, 1.807) is 19.2 Å². The van der Waals surface area contributed by atoms with Gasteiger partial charge in [-0.1, -0.05) is 22.0 Å². The molecule has 1 aromatic carbocycles. The fourth-order valence-electron chi connectivity index (χ4n) is 1.21. The fourth-order valence-corrected chi connectivity index (χ4v) is 1.78. The summed E-state index contributed by atoms with van der Waals surface area (Å²) in [6, 6.07) is 5.41. The number of rotatable bonds is 4. The zero-order chi connectivity index (χ0) is 11.3. The van der Waals surface area contributed by atoms with Crippen molar-refractivity contribution in [3.05, 3.63) is 33.8 Å². The van der Waals surface area contributed by atoms with Crippen LogP contribution in [-0.4, -0.2) is 26.8 Å². The van der Waals surface area contributed by atoms with Gasteiger partial charge in [0, 0.05) is 11.6 Å². The lowest BCUT2D eigenvalue weighted by atomic mass is 10.1. The molecule has 0 atom stereocenters. The number of esters is 1. The smallest absolute Gasteiger partial charge is 0.337 e. The Hall–Kier alpha value is -0.870. The average Bonchev–Trinajstić information content (AvgIpc) is 2.26. The molecule has 0 aliphatic heterocycles. The number of carbonyl (C=O) groups excluding carboxylic acids is 1. The zero-order valence-electron chi connectivity index (χ0n) is 8.75. The molecule has 0 N–H and O–H groups in total. The van der Waals surface area contributed by atoms with E-state index in [0.717, 1.165) is 16.5 Å². The second-order valence-corrected chi connectivity index (χ2v) is 3.89. The van der Waals surface area contributed by atoms with Crippen molar-refractivity contribution in [2.24, 2.45) is 0 Å². The number of halogens is 1. The normalized spacial score (nSPS) is 10.1. The van der Waals surface area contributed by atoms with E-state index < -0.39 is 0 Å². The predicted octanol–water partition coefficient (Wildman–Crippen LogP) is 2.42. The molecule has 0 fully saturated rings. The van der Waals surface area contributed by atoms with Gasteiger partial charge in [-0.25, -0.2) is 4.79 Å². The summed E-state index contributed by atoms with van der Waals surface area (Å²) in [4.78, 5) is 11.2. The van der Waals surface area contributed by atoms with Crippen LogP contribution in [0.1, 0.15) is 15.9 Å². The Kier molecular flexibility index (Phi) is 4.78. The summed E-state index contributed by atoms with van der Waals surface area (Å²) in [5.41, 5.74) is 1.66. The molecule has 0 unspecified atom stereocenters. The van der Waals surface area contributed by atoms with Crippen LogP contribution in [0.25, 0.3) is 0 Å². The molecule has 15 heavy (non-hydrogen) atoms. The van der Waals surface area contributed by atoms with Gasteiger partial charge in [0.15, 0.2) is 0 Å². The molecule has 0 saturated heterocycles. The van der Waals surface area contributed by atoms with Gasteiger partial charge in [0.25, 0.3) is 0 Å². The first-order valence-electron chi connectivity index (χ1n) is 4.54. The Labute approximate surface area is 97.5 Å². The number of hydrogen-bond donors (Lipinski definition) is 0. The van der Waals surface area contributed by atoms with Crippen molar-refractivity contribution >= 4 is 21.9 Å². The molecular weight excluding hydrogens is 260 g/mol. The highest BCUT2D eigenvalue weighted by atomic mass is 79.9. The van der Waals surface area contributed by atoms with E-state index in [4.69, 9.17) is 4.74 Å². The molecule has 1 aromatic rings. The van der Waals surface area contributed by atoms with Crippen molar-refractivity contribution < 1.29 is 14.3 Å². The quantitative estimate of drug-likeness (QED) is 0.790. The molecule has 0 bridgehead atoms. The summed E-state index contributed by atoms with van der Waals surface area (Å²) in [6.45, 7) is 0.663. The van der Waals surface area contributed by atoms with E-state index >= 15 is 0 Å². The first-order chi connectivity index (χ1) is 7.19. The lowest BCUT2D eigenvalue weighted by molar-refractivity contribution is 0.0600. The lowest BCUT2D eigenvalue weighted by Crippen LogP contribution is -2.02. The Morgan fingerprint density at radius 1 is 1.40 bits per heavy atom. The van der Waals surface area contributed by atoms with Crippen molar-refractivity contribution in [1.82, 2.24) is 0 Å². The third-order valence-corrected chi connectivity index (χ3v) is 2.79. The molecule has 0 radical (unpaired) electrons. The highest BCUT2D eigenvalue weighted by Crippen LogP contribution is 2.19. The van der Waals surface area contributed by atoms with Crippen LogP contribution in [0.4, 0.5) is 0 Å². The van der Waals surface area contributed by atoms with Gasteiger partial charge in [-0.3, -0.25) is 0 Å². The Morgan fingerprint density at radius 2 is 2.13 bits per heavy atom. The third-order valence-electron chi connectivity index (χ3n) is 2.05. The van der Waals surface area contributed by atoms with Crippen LogP contribution in [0, 0.1) is 0 Å². The Bertz CT molecular complexity index is 350. The number of carbonyl (C=O) groups is 1. The summed E-state index contributed by atoms with van der Waals surface area (Å²) in [6.07, 6.45) is 0.818. The molecule has 3 nitrogen and oxygen atoms in total. The van der Waals surface area contributed by atoms with Crippen molar-refractivity contribution in [1.29, 1.82) is 0 Å². The second kappa shape index (κ2) is 5.88. The third kappa shape index (κ3) is 3.32. The van der Waals surface area contributed by atoms with Crippen LogP contribution in [0.15, 0.2) is 22.7 Å². The van der Waals surface area contributed by atoms with Gasteiger partial charge < -0.3 is 9.47 Å².